The highest BCUT2D eigenvalue weighted by Crippen LogP contribution is 2.39. The molecule has 1 heterocycles. The molecule has 0 saturated heterocycles. The number of hydrogen-bond acceptors (Lipinski definition) is 4. The first kappa shape index (κ1) is 11.3. The van der Waals surface area contributed by atoms with Crippen LogP contribution in [0, 0.1) is 12.7 Å². The highest BCUT2D eigenvalue weighted by molar-refractivity contribution is 5.32. The van der Waals surface area contributed by atoms with Crippen LogP contribution < -0.4 is 5.73 Å². The van der Waals surface area contributed by atoms with Gasteiger partial charge >= 0.3 is 0 Å². The normalized spacial score (nSPS) is 16.8. The summed E-state index contributed by atoms with van der Waals surface area (Å²) in [5.74, 6) is 1.16. The Labute approximate surface area is 104 Å². The minimum atomic E-state index is -0.544. The molecule has 0 bridgehead atoms. The zero-order valence-electron chi connectivity index (χ0n) is 10.1. The van der Waals surface area contributed by atoms with Crippen molar-refractivity contribution in [2.24, 2.45) is 5.73 Å². The van der Waals surface area contributed by atoms with E-state index in [1.807, 2.05) is 6.92 Å². The molecule has 1 fully saturated rings. The molecule has 1 aliphatic rings. The van der Waals surface area contributed by atoms with Crippen LogP contribution in [0.15, 0.2) is 22.7 Å². The number of hydrogen-bond donors (Lipinski definition) is 1. The number of aromatic nitrogens is 2. The molecular weight excluding hydrogens is 233 g/mol. The summed E-state index contributed by atoms with van der Waals surface area (Å²) in [6.07, 6.45) is 2.19. The van der Waals surface area contributed by atoms with Crippen molar-refractivity contribution in [1.29, 1.82) is 0 Å². The lowest BCUT2D eigenvalue weighted by Crippen LogP contribution is -2.15. The molecule has 1 aromatic heterocycles. The Morgan fingerprint density at radius 3 is 2.94 bits per heavy atom. The van der Waals surface area contributed by atoms with Gasteiger partial charge in [0.2, 0.25) is 5.89 Å². The van der Waals surface area contributed by atoms with Gasteiger partial charge < -0.3 is 10.3 Å². The Kier molecular flexibility index (Phi) is 2.63. The first-order valence-electron chi connectivity index (χ1n) is 6.00. The van der Waals surface area contributed by atoms with Crippen molar-refractivity contribution >= 4 is 0 Å². The molecule has 4 nitrogen and oxygen atoms in total. The molecule has 94 valence electrons. The molecule has 0 aliphatic heterocycles. The minimum Gasteiger partial charge on any atom is -0.339 e. The number of rotatable bonds is 3. The van der Waals surface area contributed by atoms with Gasteiger partial charge in [-0.05, 0) is 43.0 Å². The molecule has 0 spiro atoms. The van der Waals surface area contributed by atoms with Crippen molar-refractivity contribution < 1.29 is 8.91 Å². The Morgan fingerprint density at radius 1 is 1.44 bits per heavy atom. The summed E-state index contributed by atoms with van der Waals surface area (Å²) in [5, 5.41) is 3.89. The molecule has 18 heavy (non-hydrogen) atoms. The van der Waals surface area contributed by atoms with E-state index in [9.17, 15) is 4.39 Å². The Bertz CT molecular complexity index is 577. The van der Waals surface area contributed by atoms with Crippen LogP contribution >= 0.6 is 0 Å². The van der Waals surface area contributed by atoms with Gasteiger partial charge in [0.15, 0.2) is 5.82 Å². The quantitative estimate of drug-likeness (QED) is 0.904. The summed E-state index contributed by atoms with van der Waals surface area (Å²) in [6, 6.07) is 3.99. The third-order valence-electron chi connectivity index (χ3n) is 3.24. The molecule has 0 amide bonds. The zero-order chi connectivity index (χ0) is 12.7. The highest BCUT2D eigenvalue weighted by atomic mass is 19.1. The molecule has 1 atom stereocenters. The van der Waals surface area contributed by atoms with Crippen LogP contribution in [0.5, 0.6) is 0 Å². The van der Waals surface area contributed by atoms with Gasteiger partial charge in [0.05, 0.1) is 6.04 Å². The lowest BCUT2D eigenvalue weighted by atomic mass is 10.0. The maximum Gasteiger partial charge on any atom is 0.229 e. The van der Waals surface area contributed by atoms with Gasteiger partial charge in [-0.1, -0.05) is 11.2 Å². The Hall–Kier alpha value is -1.75. The van der Waals surface area contributed by atoms with E-state index in [2.05, 4.69) is 10.1 Å². The van der Waals surface area contributed by atoms with Crippen molar-refractivity contribution in [2.45, 2.75) is 31.7 Å². The van der Waals surface area contributed by atoms with Crippen molar-refractivity contribution in [3.05, 3.63) is 46.9 Å². The second kappa shape index (κ2) is 4.17. The monoisotopic (exact) mass is 247 g/mol. The fraction of sp³-hybridized carbons (Fsp3) is 0.385. The zero-order valence-corrected chi connectivity index (χ0v) is 10.1. The number of halogens is 1. The molecule has 1 unspecified atom stereocenters. The maximum absolute atomic E-state index is 13.2. The van der Waals surface area contributed by atoms with Gasteiger partial charge in [0.25, 0.3) is 0 Å². The van der Waals surface area contributed by atoms with Gasteiger partial charge in [0, 0.05) is 5.92 Å². The van der Waals surface area contributed by atoms with Gasteiger partial charge in [-0.2, -0.15) is 4.98 Å². The summed E-state index contributed by atoms with van der Waals surface area (Å²) in [5.41, 5.74) is 7.68. The van der Waals surface area contributed by atoms with E-state index in [0.717, 1.165) is 18.4 Å². The topological polar surface area (TPSA) is 64.9 Å². The van der Waals surface area contributed by atoms with Crippen molar-refractivity contribution in [2.75, 3.05) is 0 Å². The molecule has 2 aromatic rings. The van der Waals surface area contributed by atoms with Crippen LogP contribution in [0.1, 0.15) is 47.6 Å². The van der Waals surface area contributed by atoms with Crippen LogP contribution in [0.2, 0.25) is 0 Å². The molecule has 1 saturated carbocycles. The molecule has 2 N–H and O–H groups in total. The van der Waals surface area contributed by atoms with Gasteiger partial charge in [-0.25, -0.2) is 4.39 Å². The first-order valence-corrected chi connectivity index (χ1v) is 6.00. The fourth-order valence-electron chi connectivity index (χ4n) is 1.96. The lowest BCUT2D eigenvalue weighted by Gasteiger charge is -2.10. The van der Waals surface area contributed by atoms with Crippen LogP contribution in [0.3, 0.4) is 0 Å². The molecule has 5 heteroatoms. The first-order chi connectivity index (χ1) is 8.65. The SMILES string of the molecule is Cc1ccc(F)cc1C(N)c1noc(C2CC2)n1. The van der Waals surface area contributed by atoms with Crippen molar-refractivity contribution in [3.8, 4) is 0 Å². The highest BCUT2D eigenvalue weighted by Gasteiger charge is 2.30. The van der Waals surface area contributed by atoms with E-state index < -0.39 is 6.04 Å². The van der Waals surface area contributed by atoms with E-state index in [1.165, 1.54) is 12.1 Å². The molecule has 0 radical (unpaired) electrons. The summed E-state index contributed by atoms with van der Waals surface area (Å²) in [6.45, 7) is 1.89. The molecule has 3 rings (SSSR count). The largest absolute Gasteiger partial charge is 0.339 e. The lowest BCUT2D eigenvalue weighted by molar-refractivity contribution is 0.372. The predicted molar refractivity (Wildman–Crippen MR) is 63.4 cm³/mol. The number of benzene rings is 1. The van der Waals surface area contributed by atoms with E-state index in [4.69, 9.17) is 10.3 Å². The van der Waals surface area contributed by atoms with Gasteiger partial charge in [-0.3, -0.25) is 0 Å². The molecule has 1 aliphatic carbocycles. The summed E-state index contributed by atoms with van der Waals surface area (Å²) in [4.78, 5) is 4.29. The molecule has 1 aromatic carbocycles. The van der Waals surface area contributed by atoms with Gasteiger partial charge in [-0.15, -0.1) is 0 Å². The third kappa shape index (κ3) is 2.01. The minimum absolute atomic E-state index is 0.308. The smallest absolute Gasteiger partial charge is 0.229 e. The summed E-state index contributed by atoms with van der Waals surface area (Å²) < 4.78 is 18.4. The fourth-order valence-corrected chi connectivity index (χ4v) is 1.96. The molecular formula is C13H14FN3O. The second-order valence-electron chi connectivity index (χ2n) is 4.74. The van der Waals surface area contributed by atoms with Crippen LogP contribution in [0.4, 0.5) is 4.39 Å². The Balaban J connectivity index is 1.92. The average Bonchev–Trinajstić information content (AvgIpc) is 3.09. The van der Waals surface area contributed by atoms with Crippen LogP contribution in [-0.4, -0.2) is 10.1 Å². The Morgan fingerprint density at radius 2 is 2.22 bits per heavy atom. The number of aryl methyl sites for hydroxylation is 1. The second-order valence-corrected chi connectivity index (χ2v) is 4.74. The van der Waals surface area contributed by atoms with Gasteiger partial charge in [0.1, 0.15) is 5.82 Å². The maximum atomic E-state index is 13.2. The number of nitrogens with zero attached hydrogens (tertiary/aromatic N) is 2. The van der Waals surface area contributed by atoms with Crippen LogP contribution in [0.25, 0.3) is 0 Å². The summed E-state index contributed by atoms with van der Waals surface area (Å²) in [7, 11) is 0. The van der Waals surface area contributed by atoms with E-state index in [0.29, 0.717) is 23.2 Å². The standard InChI is InChI=1S/C13H14FN3O/c1-7-2-5-9(14)6-10(7)11(15)12-16-13(18-17-12)8-3-4-8/h2,5-6,8,11H,3-4,15H2,1H3. The average molecular weight is 247 g/mol. The third-order valence-corrected chi connectivity index (χ3v) is 3.24. The van der Waals surface area contributed by atoms with E-state index >= 15 is 0 Å². The van der Waals surface area contributed by atoms with Crippen LogP contribution in [-0.2, 0) is 0 Å². The van der Waals surface area contributed by atoms with Crippen molar-refractivity contribution in [1.82, 2.24) is 10.1 Å². The van der Waals surface area contributed by atoms with E-state index in [-0.39, 0.29) is 5.82 Å². The number of nitrogens with two attached hydrogens (primary N) is 1. The van der Waals surface area contributed by atoms with Crippen molar-refractivity contribution in [3.63, 3.8) is 0 Å². The summed E-state index contributed by atoms with van der Waals surface area (Å²) >= 11 is 0. The predicted octanol–water partition coefficient (Wildman–Crippen LogP) is 2.44. The van der Waals surface area contributed by atoms with E-state index in [1.54, 1.807) is 6.07 Å².